The van der Waals surface area contributed by atoms with Crippen molar-refractivity contribution in [3.05, 3.63) is 59.7 Å². The number of alkyl halides is 3. The zero-order valence-electron chi connectivity index (χ0n) is 14.8. The van der Waals surface area contributed by atoms with Crippen LogP contribution in [0.25, 0.3) is 0 Å². The van der Waals surface area contributed by atoms with Crippen molar-refractivity contribution in [2.24, 2.45) is 0 Å². The maximum atomic E-state index is 13.2. The minimum absolute atomic E-state index is 0.301. The molecule has 7 heteroatoms. The number of carbonyl (C=O) groups excluding carboxylic acids is 1. The molecule has 1 saturated heterocycles. The molecule has 0 aromatic heterocycles. The SMILES string of the molecule is COc1ccccc1NC(=O)C1(c2cccc(C(F)(F)F)c2)CCOCC1. The summed E-state index contributed by atoms with van der Waals surface area (Å²) in [5.74, 6) is 0.117. The van der Waals surface area contributed by atoms with E-state index in [9.17, 15) is 18.0 Å². The maximum absolute atomic E-state index is 13.2. The second-order valence-corrected chi connectivity index (χ2v) is 6.43. The molecule has 1 fully saturated rings. The summed E-state index contributed by atoms with van der Waals surface area (Å²) in [5, 5.41) is 2.83. The van der Waals surface area contributed by atoms with E-state index in [1.807, 2.05) is 0 Å². The fourth-order valence-corrected chi connectivity index (χ4v) is 3.35. The second kappa shape index (κ2) is 7.60. The van der Waals surface area contributed by atoms with Gasteiger partial charge in [0.2, 0.25) is 5.91 Å². The molecule has 0 saturated carbocycles. The van der Waals surface area contributed by atoms with Crippen LogP contribution in [0.5, 0.6) is 5.75 Å². The lowest BCUT2D eigenvalue weighted by Crippen LogP contribution is -2.45. The van der Waals surface area contributed by atoms with E-state index in [1.54, 1.807) is 30.3 Å². The monoisotopic (exact) mass is 379 g/mol. The van der Waals surface area contributed by atoms with Crippen LogP contribution in [0.15, 0.2) is 48.5 Å². The molecule has 0 radical (unpaired) electrons. The lowest BCUT2D eigenvalue weighted by molar-refractivity contribution is -0.138. The first kappa shape index (κ1) is 19.2. The van der Waals surface area contributed by atoms with Gasteiger partial charge in [0.05, 0.1) is 23.8 Å². The Hall–Kier alpha value is -2.54. The van der Waals surface area contributed by atoms with E-state index in [-0.39, 0.29) is 5.91 Å². The third-order valence-corrected chi connectivity index (χ3v) is 4.88. The largest absolute Gasteiger partial charge is 0.495 e. The Morgan fingerprint density at radius 2 is 1.81 bits per heavy atom. The second-order valence-electron chi connectivity index (χ2n) is 6.43. The fourth-order valence-electron chi connectivity index (χ4n) is 3.35. The van der Waals surface area contributed by atoms with Crippen molar-refractivity contribution in [2.75, 3.05) is 25.6 Å². The quantitative estimate of drug-likeness (QED) is 0.857. The predicted octanol–water partition coefficient (Wildman–Crippen LogP) is 4.40. The molecule has 1 aliphatic rings. The molecule has 2 aromatic carbocycles. The number of halogens is 3. The van der Waals surface area contributed by atoms with Crippen LogP contribution in [0.3, 0.4) is 0 Å². The van der Waals surface area contributed by atoms with Gasteiger partial charge in [-0.25, -0.2) is 0 Å². The molecule has 1 N–H and O–H groups in total. The number of ether oxygens (including phenoxy) is 2. The van der Waals surface area contributed by atoms with Gasteiger partial charge in [-0.3, -0.25) is 4.79 Å². The molecular formula is C20H20F3NO3. The molecule has 0 aliphatic carbocycles. The van der Waals surface area contributed by atoms with Gasteiger partial charge in [-0.15, -0.1) is 0 Å². The van der Waals surface area contributed by atoms with Gasteiger partial charge in [0.25, 0.3) is 0 Å². The number of hydrogen-bond acceptors (Lipinski definition) is 3. The van der Waals surface area contributed by atoms with E-state index in [0.717, 1.165) is 12.1 Å². The van der Waals surface area contributed by atoms with Gasteiger partial charge >= 0.3 is 6.18 Å². The van der Waals surface area contributed by atoms with Crippen molar-refractivity contribution >= 4 is 11.6 Å². The van der Waals surface area contributed by atoms with Crippen LogP contribution >= 0.6 is 0 Å². The number of anilines is 1. The Morgan fingerprint density at radius 1 is 1.11 bits per heavy atom. The zero-order chi connectivity index (χ0) is 19.5. The van der Waals surface area contributed by atoms with E-state index in [4.69, 9.17) is 9.47 Å². The van der Waals surface area contributed by atoms with Gasteiger partial charge < -0.3 is 14.8 Å². The third kappa shape index (κ3) is 3.93. The highest BCUT2D eigenvalue weighted by Crippen LogP contribution is 2.39. The van der Waals surface area contributed by atoms with Crippen LogP contribution < -0.4 is 10.1 Å². The normalized spacial score (nSPS) is 16.6. The first-order valence-corrected chi connectivity index (χ1v) is 8.57. The standard InChI is InChI=1S/C20H20F3NO3/c1-26-17-8-3-2-7-16(17)24-18(25)19(9-11-27-12-10-19)14-5-4-6-15(13-14)20(21,22)23/h2-8,13H,9-12H2,1H3,(H,24,25). The molecule has 4 nitrogen and oxygen atoms in total. The van der Waals surface area contributed by atoms with E-state index in [2.05, 4.69) is 5.32 Å². The van der Waals surface area contributed by atoms with E-state index in [1.165, 1.54) is 13.2 Å². The van der Waals surface area contributed by atoms with Crippen LogP contribution in [0.1, 0.15) is 24.0 Å². The molecule has 0 spiro atoms. The van der Waals surface area contributed by atoms with Gasteiger partial charge in [-0.2, -0.15) is 13.2 Å². The number of benzene rings is 2. The predicted molar refractivity (Wildman–Crippen MR) is 94.8 cm³/mol. The number of para-hydroxylation sites is 2. The molecule has 1 aliphatic heterocycles. The molecule has 3 rings (SSSR count). The maximum Gasteiger partial charge on any atom is 0.416 e. The highest BCUT2D eigenvalue weighted by molar-refractivity contribution is 6.00. The minimum atomic E-state index is -4.47. The highest BCUT2D eigenvalue weighted by atomic mass is 19.4. The average molecular weight is 379 g/mol. The fraction of sp³-hybridized carbons (Fsp3) is 0.350. The van der Waals surface area contributed by atoms with Gasteiger partial charge in [0.1, 0.15) is 5.75 Å². The number of hydrogen-bond donors (Lipinski definition) is 1. The molecule has 144 valence electrons. The van der Waals surface area contributed by atoms with Crippen molar-refractivity contribution < 1.29 is 27.4 Å². The van der Waals surface area contributed by atoms with E-state index < -0.39 is 17.2 Å². The Morgan fingerprint density at radius 3 is 2.48 bits per heavy atom. The Balaban J connectivity index is 1.99. The lowest BCUT2D eigenvalue weighted by atomic mass is 9.73. The molecule has 2 aromatic rings. The summed E-state index contributed by atoms with van der Waals surface area (Å²) in [5.41, 5.74) is -1.05. The zero-order valence-corrected chi connectivity index (χ0v) is 14.8. The first-order chi connectivity index (χ1) is 12.9. The Labute approximate surface area is 155 Å². The van der Waals surface area contributed by atoms with Crippen molar-refractivity contribution in [3.8, 4) is 5.75 Å². The Bertz CT molecular complexity index is 814. The number of amides is 1. The van der Waals surface area contributed by atoms with E-state index >= 15 is 0 Å². The Kier molecular flexibility index (Phi) is 5.41. The van der Waals surface area contributed by atoms with Gasteiger partial charge in [-0.1, -0.05) is 30.3 Å². The summed E-state index contributed by atoms with van der Waals surface area (Å²) in [6, 6.07) is 11.9. The van der Waals surface area contributed by atoms with Crippen LogP contribution in [0.4, 0.5) is 18.9 Å². The summed E-state index contributed by atoms with van der Waals surface area (Å²) < 4.78 is 50.1. The minimum Gasteiger partial charge on any atom is -0.495 e. The number of nitrogens with one attached hydrogen (secondary N) is 1. The molecule has 0 bridgehead atoms. The summed E-state index contributed by atoms with van der Waals surface area (Å²) >= 11 is 0. The molecule has 1 heterocycles. The summed E-state index contributed by atoms with van der Waals surface area (Å²) in [4.78, 5) is 13.2. The molecule has 27 heavy (non-hydrogen) atoms. The lowest BCUT2D eigenvalue weighted by Gasteiger charge is -2.36. The summed E-state index contributed by atoms with van der Waals surface area (Å²) in [7, 11) is 1.49. The molecule has 0 atom stereocenters. The van der Waals surface area contributed by atoms with Gasteiger partial charge in [0, 0.05) is 13.2 Å². The van der Waals surface area contributed by atoms with Crippen molar-refractivity contribution in [1.82, 2.24) is 0 Å². The van der Waals surface area contributed by atoms with Gasteiger partial charge in [-0.05, 0) is 36.6 Å². The third-order valence-electron chi connectivity index (χ3n) is 4.88. The summed E-state index contributed by atoms with van der Waals surface area (Å²) in [6.07, 6.45) is -3.87. The smallest absolute Gasteiger partial charge is 0.416 e. The van der Waals surface area contributed by atoms with E-state index in [0.29, 0.717) is 43.1 Å². The number of methoxy groups -OCH3 is 1. The van der Waals surface area contributed by atoms with Crippen LogP contribution in [-0.4, -0.2) is 26.2 Å². The van der Waals surface area contributed by atoms with Crippen LogP contribution in [-0.2, 0) is 21.1 Å². The topological polar surface area (TPSA) is 47.6 Å². The molecule has 0 unspecified atom stereocenters. The highest BCUT2D eigenvalue weighted by Gasteiger charge is 2.43. The van der Waals surface area contributed by atoms with Crippen molar-refractivity contribution in [3.63, 3.8) is 0 Å². The molecular weight excluding hydrogens is 359 g/mol. The van der Waals surface area contributed by atoms with Crippen LogP contribution in [0, 0.1) is 0 Å². The average Bonchev–Trinajstić information content (AvgIpc) is 2.68. The summed E-state index contributed by atoms with van der Waals surface area (Å²) in [6.45, 7) is 0.602. The van der Waals surface area contributed by atoms with Crippen LogP contribution in [0.2, 0.25) is 0 Å². The van der Waals surface area contributed by atoms with Gasteiger partial charge in [0.15, 0.2) is 0 Å². The molecule has 1 amide bonds. The first-order valence-electron chi connectivity index (χ1n) is 8.57. The number of rotatable bonds is 4. The number of carbonyl (C=O) groups is 1. The van der Waals surface area contributed by atoms with Crippen molar-refractivity contribution in [1.29, 1.82) is 0 Å². The van der Waals surface area contributed by atoms with Crippen molar-refractivity contribution in [2.45, 2.75) is 24.4 Å².